The highest BCUT2D eigenvalue weighted by Crippen LogP contribution is 2.30. The largest absolute Gasteiger partial charge is 0.312 e. The zero-order chi connectivity index (χ0) is 9.97. The highest BCUT2D eigenvalue weighted by Gasteiger charge is 2.28. The van der Waals surface area contributed by atoms with E-state index in [9.17, 15) is 4.79 Å². The molecule has 0 saturated heterocycles. The Balaban J connectivity index is 2.29. The highest BCUT2D eigenvalue weighted by atomic mass is 16.1. The molecule has 0 aromatic heterocycles. The van der Waals surface area contributed by atoms with Gasteiger partial charge in [0.15, 0.2) is 0 Å². The molecule has 1 aliphatic rings. The molecule has 1 aromatic carbocycles. The Morgan fingerprint density at radius 2 is 2.29 bits per heavy atom. The van der Waals surface area contributed by atoms with E-state index in [-0.39, 0.29) is 0 Å². The third kappa shape index (κ3) is 1.62. The van der Waals surface area contributed by atoms with E-state index >= 15 is 0 Å². The fourth-order valence-corrected chi connectivity index (χ4v) is 1.47. The van der Waals surface area contributed by atoms with Crippen LogP contribution < -0.4 is 4.90 Å². The van der Waals surface area contributed by atoms with E-state index in [1.165, 1.54) is 0 Å². The number of terminal acetylenes is 1. The van der Waals surface area contributed by atoms with Crippen molar-refractivity contribution in [2.24, 2.45) is 0 Å². The van der Waals surface area contributed by atoms with Crippen LogP contribution >= 0.6 is 0 Å². The molecule has 14 heavy (non-hydrogen) atoms. The first kappa shape index (κ1) is 8.83. The molecule has 0 N–H and O–H groups in total. The van der Waals surface area contributed by atoms with Crippen molar-refractivity contribution in [2.75, 3.05) is 4.90 Å². The van der Waals surface area contributed by atoms with Crippen LogP contribution in [0.25, 0.3) is 0 Å². The van der Waals surface area contributed by atoms with Crippen LogP contribution in [0, 0.1) is 12.3 Å². The second kappa shape index (κ2) is 3.55. The molecule has 1 aliphatic carbocycles. The van der Waals surface area contributed by atoms with Gasteiger partial charge in [-0.25, -0.2) is 0 Å². The van der Waals surface area contributed by atoms with Gasteiger partial charge in [0.1, 0.15) is 0 Å². The van der Waals surface area contributed by atoms with E-state index in [1.54, 1.807) is 4.90 Å². The first-order chi connectivity index (χ1) is 6.85. The minimum atomic E-state index is 0.389. The summed E-state index contributed by atoms with van der Waals surface area (Å²) in [5.74, 6) is 2.56. The van der Waals surface area contributed by atoms with Crippen molar-refractivity contribution in [1.82, 2.24) is 0 Å². The maximum Gasteiger partial charge on any atom is 0.214 e. The molecule has 1 aromatic rings. The summed E-state index contributed by atoms with van der Waals surface area (Å²) in [5, 5.41) is 0. The van der Waals surface area contributed by atoms with Gasteiger partial charge in [0.05, 0.1) is 0 Å². The van der Waals surface area contributed by atoms with Crippen LogP contribution in [0.4, 0.5) is 5.69 Å². The van der Waals surface area contributed by atoms with Crippen molar-refractivity contribution in [2.45, 2.75) is 18.9 Å². The fraction of sp³-hybridized carbons (Fsp3) is 0.250. The molecule has 0 radical (unpaired) electrons. The van der Waals surface area contributed by atoms with Crippen molar-refractivity contribution in [3.05, 3.63) is 29.8 Å². The number of rotatable bonds is 3. The molecule has 70 valence electrons. The summed E-state index contributed by atoms with van der Waals surface area (Å²) in [6.07, 6.45) is 8.37. The maximum atomic E-state index is 10.9. The third-order valence-electron chi connectivity index (χ3n) is 2.36. The molecular weight excluding hydrogens is 174 g/mol. The quantitative estimate of drug-likeness (QED) is 0.519. The van der Waals surface area contributed by atoms with Gasteiger partial charge in [-0.1, -0.05) is 12.0 Å². The van der Waals surface area contributed by atoms with Gasteiger partial charge in [0.25, 0.3) is 0 Å². The fourth-order valence-electron chi connectivity index (χ4n) is 1.47. The van der Waals surface area contributed by atoms with Crippen LogP contribution in [-0.4, -0.2) is 12.5 Å². The van der Waals surface area contributed by atoms with Gasteiger partial charge < -0.3 is 4.90 Å². The van der Waals surface area contributed by atoms with Crippen molar-refractivity contribution < 1.29 is 4.79 Å². The molecule has 2 rings (SSSR count). The van der Waals surface area contributed by atoms with E-state index < -0.39 is 0 Å². The molecule has 2 nitrogen and oxygen atoms in total. The summed E-state index contributed by atoms with van der Waals surface area (Å²) in [6, 6.07) is 7.91. The predicted molar refractivity (Wildman–Crippen MR) is 55.9 cm³/mol. The van der Waals surface area contributed by atoms with E-state index in [2.05, 4.69) is 5.92 Å². The summed E-state index contributed by atoms with van der Waals surface area (Å²) >= 11 is 0. The molecule has 0 spiro atoms. The Hall–Kier alpha value is -1.75. The van der Waals surface area contributed by atoms with E-state index in [0.717, 1.165) is 30.5 Å². The Labute approximate surface area is 83.5 Å². The SMILES string of the molecule is C#Cc1cccc(N(C=O)C2CC2)c1. The Bertz CT molecular complexity index is 388. The monoisotopic (exact) mass is 185 g/mol. The number of benzene rings is 1. The molecular formula is C12H11NO. The van der Waals surface area contributed by atoms with Crippen LogP contribution in [0.15, 0.2) is 24.3 Å². The molecule has 0 bridgehead atoms. The lowest BCUT2D eigenvalue weighted by Crippen LogP contribution is -2.23. The van der Waals surface area contributed by atoms with Gasteiger partial charge in [-0.2, -0.15) is 0 Å². The molecule has 1 saturated carbocycles. The van der Waals surface area contributed by atoms with Crippen LogP contribution in [0.5, 0.6) is 0 Å². The van der Waals surface area contributed by atoms with Crippen LogP contribution in [-0.2, 0) is 4.79 Å². The topological polar surface area (TPSA) is 20.3 Å². The normalized spacial score (nSPS) is 14.5. The van der Waals surface area contributed by atoms with Gasteiger partial charge in [0.2, 0.25) is 6.41 Å². The molecule has 1 fully saturated rings. The lowest BCUT2D eigenvalue weighted by atomic mass is 10.2. The number of hydrogen-bond acceptors (Lipinski definition) is 1. The highest BCUT2D eigenvalue weighted by molar-refractivity contribution is 5.77. The lowest BCUT2D eigenvalue weighted by Gasteiger charge is -2.16. The summed E-state index contributed by atoms with van der Waals surface area (Å²) < 4.78 is 0. The molecule has 2 heteroatoms. The Kier molecular flexibility index (Phi) is 2.24. The maximum absolute atomic E-state index is 10.9. The van der Waals surface area contributed by atoms with Gasteiger partial charge in [-0.15, -0.1) is 6.42 Å². The zero-order valence-electron chi connectivity index (χ0n) is 7.81. The predicted octanol–water partition coefficient (Wildman–Crippen LogP) is 1.79. The van der Waals surface area contributed by atoms with Gasteiger partial charge in [0, 0.05) is 17.3 Å². The number of anilines is 1. The zero-order valence-corrected chi connectivity index (χ0v) is 7.81. The van der Waals surface area contributed by atoms with Crippen molar-refractivity contribution >= 4 is 12.1 Å². The second-order valence-electron chi connectivity index (χ2n) is 3.44. The van der Waals surface area contributed by atoms with Gasteiger partial charge in [-0.3, -0.25) is 4.79 Å². The van der Waals surface area contributed by atoms with E-state index in [4.69, 9.17) is 6.42 Å². The smallest absolute Gasteiger partial charge is 0.214 e. The van der Waals surface area contributed by atoms with Crippen LogP contribution in [0.1, 0.15) is 18.4 Å². The first-order valence-electron chi connectivity index (χ1n) is 4.65. The summed E-state index contributed by atoms with van der Waals surface area (Å²) in [5.41, 5.74) is 1.72. The van der Waals surface area contributed by atoms with Crippen molar-refractivity contribution in [3.8, 4) is 12.3 Å². The number of amides is 1. The third-order valence-corrected chi connectivity index (χ3v) is 2.36. The lowest BCUT2D eigenvalue weighted by molar-refractivity contribution is -0.107. The number of hydrogen-bond donors (Lipinski definition) is 0. The molecule has 0 heterocycles. The molecule has 1 amide bonds. The summed E-state index contributed by atoms with van der Waals surface area (Å²) in [6.45, 7) is 0. The standard InChI is InChI=1S/C12H11NO/c1-2-10-4-3-5-12(8-10)13(9-14)11-6-7-11/h1,3-5,8-9,11H,6-7H2. The Morgan fingerprint density at radius 3 is 2.86 bits per heavy atom. The number of nitrogens with zero attached hydrogens (tertiary/aromatic N) is 1. The average molecular weight is 185 g/mol. The average Bonchev–Trinajstić information content (AvgIpc) is 3.04. The molecule has 0 unspecified atom stereocenters. The molecule has 0 atom stereocenters. The number of carbonyl (C=O) groups excluding carboxylic acids is 1. The first-order valence-corrected chi connectivity index (χ1v) is 4.65. The minimum Gasteiger partial charge on any atom is -0.312 e. The van der Waals surface area contributed by atoms with Gasteiger partial charge in [-0.05, 0) is 31.0 Å². The number of carbonyl (C=O) groups is 1. The molecule has 0 aliphatic heterocycles. The second-order valence-corrected chi connectivity index (χ2v) is 3.44. The van der Waals surface area contributed by atoms with E-state index in [0.29, 0.717) is 6.04 Å². The van der Waals surface area contributed by atoms with Crippen molar-refractivity contribution in [1.29, 1.82) is 0 Å². The van der Waals surface area contributed by atoms with Crippen molar-refractivity contribution in [3.63, 3.8) is 0 Å². The van der Waals surface area contributed by atoms with Crippen LogP contribution in [0.3, 0.4) is 0 Å². The van der Waals surface area contributed by atoms with Crippen LogP contribution in [0.2, 0.25) is 0 Å². The Morgan fingerprint density at radius 1 is 1.50 bits per heavy atom. The summed E-state index contributed by atoms with van der Waals surface area (Å²) in [4.78, 5) is 12.6. The van der Waals surface area contributed by atoms with Gasteiger partial charge >= 0.3 is 0 Å². The minimum absolute atomic E-state index is 0.389. The summed E-state index contributed by atoms with van der Waals surface area (Å²) in [7, 11) is 0. The van der Waals surface area contributed by atoms with E-state index in [1.807, 2.05) is 24.3 Å².